The standard InChI is InChI=1S/C19H24N4O2S/c24-19(18-16-3-1-2-4-17(16)21-25-18)23-8-13-5-6-15(23)10-22(7-13)9-14-11-26-12-20-14/h11-13,15H,1-10H2/t13-,15+/m1/s1. The van der Waals surface area contributed by atoms with Crippen molar-refractivity contribution in [2.24, 2.45) is 5.92 Å². The second-order valence-electron chi connectivity index (χ2n) is 7.87. The van der Waals surface area contributed by atoms with Gasteiger partial charge in [0, 0.05) is 43.2 Å². The van der Waals surface area contributed by atoms with Crippen molar-refractivity contribution in [2.45, 2.75) is 51.1 Å². The van der Waals surface area contributed by atoms with Crippen molar-refractivity contribution in [2.75, 3.05) is 19.6 Å². The molecule has 1 aliphatic carbocycles. The van der Waals surface area contributed by atoms with Gasteiger partial charge in [-0.05, 0) is 44.4 Å². The molecular weight excluding hydrogens is 348 g/mol. The Hall–Kier alpha value is -1.73. The summed E-state index contributed by atoms with van der Waals surface area (Å²) >= 11 is 1.65. The zero-order valence-corrected chi connectivity index (χ0v) is 15.7. The molecule has 2 bridgehead atoms. The number of piperidine rings is 1. The van der Waals surface area contributed by atoms with Crippen molar-refractivity contribution in [3.63, 3.8) is 0 Å². The highest BCUT2D eigenvalue weighted by Gasteiger charge is 2.39. The highest BCUT2D eigenvalue weighted by molar-refractivity contribution is 7.07. The lowest BCUT2D eigenvalue weighted by Gasteiger charge is -2.35. The third kappa shape index (κ3) is 2.97. The minimum Gasteiger partial charge on any atom is -0.350 e. The zero-order chi connectivity index (χ0) is 17.5. The van der Waals surface area contributed by atoms with E-state index in [0.29, 0.717) is 11.7 Å². The van der Waals surface area contributed by atoms with E-state index in [1.807, 2.05) is 5.51 Å². The molecule has 0 aromatic carbocycles. The number of hydrogen-bond donors (Lipinski definition) is 0. The molecule has 0 radical (unpaired) electrons. The van der Waals surface area contributed by atoms with Crippen LogP contribution in [0.1, 0.15) is 53.2 Å². The van der Waals surface area contributed by atoms with Crippen LogP contribution in [0.25, 0.3) is 0 Å². The first kappa shape index (κ1) is 16.4. The van der Waals surface area contributed by atoms with Crippen LogP contribution in [0, 0.1) is 5.92 Å². The first-order valence-corrected chi connectivity index (χ1v) is 10.6. The van der Waals surface area contributed by atoms with Gasteiger partial charge >= 0.3 is 0 Å². The summed E-state index contributed by atoms with van der Waals surface area (Å²) in [6, 6.07) is 0.268. The number of carbonyl (C=O) groups is 1. The molecule has 2 aromatic rings. The van der Waals surface area contributed by atoms with Crippen LogP contribution < -0.4 is 0 Å². The minimum atomic E-state index is 0.0610. The Morgan fingerprint density at radius 3 is 3.04 bits per heavy atom. The maximum absolute atomic E-state index is 13.3. The van der Waals surface area contributed by atoms with Crippen molar-refractivity contribution < 1.29 is 9.32 Å². The number of aromatic nitrogens is 2. The third-order valence-corrected chi connectivity index (χ3v) is 6.71. The predicted octanol–water partition coefficient (Wildman–Crippen LogP) is 2.75. The van der Waals surface area contributed by atoms with Gasteiger partial charge < -0.3 is 9.42 Å². The van der Waals surface area contributed by atoms with Gasteiger partial charge in [0.25, 0.3) is 5.91 Å². The van der Waals surface area contributed by atoms with Crippen molar-refractivity contribution in [3.05, 3.63) is 33.6 Å². The molecule has 138 valence electrons. The van der Waals surface area contributed by atoms with Gasteiger partial charge in [0.2, 0.25) is 5.76 Å². The van der Waals surface area contributed by atoms with E-state index >= 15 is 0 Å². The van der Waals surface area contributed by atoms with Gasteiger partial charge in [0.15, 0.2) is 0 Å². The summed E-state index contributed by atoms with van der Waals surface area (Å²) in [6.45, 7) is 3.70. The molecule has 0 saturated carbocycles. The van der Waals surface area contributed by atoms with Crippen LogP contribution in [0.5, 0.6) is 0 Å². The molecule has 3 fully saturated rings. The molecule has 3 aliphatic heterocycles. The Labute approximate surface area is 157 Å². The van der Waals surface area contributed by atoms with E-state index in [9.17, 15) is 4.79 Å². The van der Waals surface area contributed by atoms with Crippen molar-refractivity contribution in [1.82, 2.24) is 19.9 Å². The zero-order valence-electron chi connectivity index (χ0n) is 14.9. The Balaban J connectivity index is 1.35. The van der Waals surface area contributed by atoms with E-state index in [1.165, 1.54) is 6.42 Å². The van der Waals surface area contributed by atoms with Crippen LogP contribution in [0.2, 0.25) is 0 Å². The first-order valence-electron chi connectivity index (χ1n) is 9.65. The lowest BCUT2D eigenvalue weighted by Crippen LogP contribution is -2.47. The molecule has 5 heterocycles. The minimum absolute atomic E-state index is 0.0610. The molecule has 2 atom stereocenters. The van der Waals surface area contributed by atoms with Crippen molar-refractivity contribution in [1.29, 1.82) is 0 Å². The topological polar surface area (TPSA) is 62.5 Å². The summed E-state index contributed by atoms with van der Waals surface area (Å²) in [5, 5.41) is 6.30. The van der Waals surface area contributed by atoms with Crippen LogP contribution in [0.15, 0.2) is 15.4 Å². The second-order valence-corrected chi connectivity index (χ2v) is 8.59. The molecule has 4 aliphatic rings. The molecule has 2 aromatic heterocycles. The maximum Gasteiger partial charge on any atom is 0.293 e. The number of thiazole rings is 1. The predicted molar refractivity (Wildman–Crippen MR) is 98.1 cm³/mol. The van der Waals surface area contributed by atoms with Gasteiger partial charge in [0.05, 0.1) is 16.9 Å². The molecule has 6 nitrogen and oxygen atoms in total. The number of nitrogens with zero attached hydrogens (tertiary/aromatic N) is 4. The lowest BCUT2D eigenvalue weighted by atomic mass is 9.93. The average molecular weight is 372 g/mol. The van der Waals surface area contributed by atoms with E-state index in [0.717, 1.165) is 75.2 Å². The molecule has 6 rings (SSSR count). The monoisotopic (exact) mass is 372 g/mol. The van der Waals surface area contributed by atoms with Gasteiger partial charge in [-0.25, -0.2) is 4.98 Å². The quantitative estimate of drug-likeness (QED) is 0.829. The molecule has 26 heavy (non-hydrogen) atoms. The van der Waals surface area contributed by atoms with E-state index in [-0.39, 0.29) is 11.9 Å². The fourth-order valence-electron chi connectivity index (χ4n) is 4.79. The molecule has 0 N–H and O–H groups in total. The number of carbonyl (C=O) groups excluding carboxylic acids is 1. The van der Waals surface area contributed by atoms with Crippen molar-refractivity contribution >= 4 is 17.2 Å². The SMILES string of the molecule is O=C(c1onc2c1CCCC2)N1C[C@@H]2CC[C@H]1CN(Cc1cscn1)C2. The fraction of sp³-hybridized carbons (Fsp3) is 0.632. The van der Waals surface area contributed by atoms with Crippen LogP contribution in [0.4, 0.5) is 0 Å². The normalized spacial score (nSPS) is 25.9. The Bertz CT molecular complexity index is 788. The largest absolute Gasteiger partial charge is 0.350 e. The van der Waals surface area contributed by atoms with Gasteiger partial charge in [-0.2, -0.15) is 0 Å². The second kappa shape index (κ2) is 6.78. The third-order valence-electron chi connectivity index (χ3n) is 6.07. The highest BCUT2D eigenvalue weighted by atomic mass is 32.1. The Morgan fingerprint density at radius 2 is 2.15 bits per heavy atom. The van der Waals surface area contributed by atoms with E-state index in [4.69, 9.17) is 4.52 Å². The number of hydrogen-bond acceptors (Lipinski definition) is 6. The van der Waals surface area contributed by atoms with E-state index < -0.39 is 0 Å². The average Bonchev–Trinajstić information content (AvgIpc) is 3.24. The summed E-state index contributed by atoms with van der Waals surface area (Å²) in [6.07, 6.45) is 6.43. The molecule has 3 saturated heterocycles. The van der Waals surface area contributed by atoms with E-state index in [1.54, 1.807) is 11.3 Å². The number of rotatable bonds is 3. The molecule has 1 amide bonds. The summed E-state index contributed by atoms with van der Waals surface area (Å²) in [5.74, 6) is 1.11. The summed E-state index contributed by atoms with van der Waals surface area (Å²) in [5.41, 5.74) is 5.11. The Kier molecular flexibility index (Phi) is 4.29. The Morgan fingerprint density at radius 1 is 1.23 bits per heavy atom. The van der Waals surface area contributed by atoms with Gasteiger partial charge in [-0.3, -0.25) is 9.69 Å². The number of amides is 1. The summed E-state index contributed by atoms with van der Waals surface area (Å²) < 4.78 is 5.53. The lowest BCUT2D eigenvalue weighted by molar-refractivity contribution is 0.0541. The van der Waals surface area contributed by atoms with Crippen LogP contribution in [-0.4, -0.2) is 51.5 Å². The molecule has 0 unspecified atom stereocenters. The number of aryl methyl sites for hydroxylation is 1. The fourth-order valence-corrected chi connectivity index (χ4v) is 5.34. The molecule has 0 spiro atoms. The van der Waals surface area contributed by atoms with Gasteiger partial charge in [-0.1, -0.05) is 5.16 Å². The van der Waals surface area contributed by atoms with Crippen LogP contribution in [0.3, 0.4) is 0 Å². The summed E-state index contributed by atoms with van der Waals surface area (Å²) in [7, 11) is 0. The summed E-state index contributed by atoms with van der Waals surface area (Å²) in [4.78, 5) is 22.2. The van der Waals surface area contributed by atoms with Crippen LogP contribution >= 0.6 is 11.3 Å². The van der Waals surface area contributed by atoms with Crippen LogP contribution in [-0.2, 0) is 19.4 Å². The smallest absolute Gasteiger partial charge is 0.293 e. The van der Waals surface area contributed by atoms with Gasteiger partial charge in [0.1, 0.15) is 0 Å². The van der Waals surface area contributed by atoms with E-state index in [2.05, 4.69) is 25.3 Å². The van der Waals surface area contributed by atoms with Crippen molar-refractivity contribution in [3.8, 4) is 0 Å². The maximum atomic E-state index is 13.3. The number of fused-ring (bicyclic) bond motifs is 5. The van der Waals surface area contributed by atoms with Gasteiger partial charge in [-0.15, -0.1) is 11.3 Å². The first-order chi connectivity index (χ1) is 12.8. The molecular formula is C19H24N4O2S. The molecule has 7 heteroatoms. The highest BCUT2D eigenvalue weighted by Crippen LogP contribution is 2.32.